The number of ether oxygens (including phenoxy) is 3. The summed E-state index contributed by atoms with van der Waals surface area (Å²) in [6, 6.07) is 3.73. The Morgan fingerprint density at radius 1 is 1.09 bits per heavy atom. The van der Waals surface area contributed by atoms with E-state index >= 15 is 0 Å². The van der Waals surface area contributed by atoms with Gasteiger partial charge in [0.05, 0.1) is 0 Å². The number of carbonyl (C=O) groups is 1. The van der Waals surface area contributed by atoms with Gasteiger partial charge >= 0.3 is 5.97 Å². The molecule has 1 aliphatic heterocycles. The third-order valence-corrected chi connectivity index (χ3v) is 3.44. The van der Waals surface area contributed by atoms with Crippen LogP contribution in [-0.2, 0) is 32.2 Å². The lowest BCUT2D eigenvalue weighted by Crippen LogP contribution is -2.15. The zero-order valence-corrected chi connectivity index (χ0v) is 12.5. The lowest BCUT2D eigenvalue weighted by Gasteiger charge is -2.13. The highest BCUT2D eigenvalue weighted by Crippen LogP contribution is 2.28. The fourth-order valence-corrected chi connectivity index (χ4v) is 2.29. The minimum Gasteiger partial charge on any atom is -0.485 e. The number of H-pyrrole nitrogens is 2. The number of nitrogens with one attached hydrogen (secondary N) is 2. The van der Waals surface area contributed by atoms with E-state index in [1.54, 1.807) is 24.8 Å². The molecule has 7 heteroatoms. The number of rotatable bonds is 8. The van der Waals surface area contributed by atoms with Gasteiger partial charge in [0.1, 0.15) is 13.2 Å². The Morgan fingerprint density at radius 2 is 1.74 bits per heavy atom. The van der Waals surface area contributed by atoms with E-state index in [0.717, 1.165) is 11.1 Å². The number of hydrogen-bond donors (Lipinski definition) is 3. The van der Waals surface area contributed by atoms with Crippen molar-refractivity contribution in [2.75, 3.05) is 6.61 Å². The Bertz CT molecular complexity index is 661. The molecule has 7 nitrogen and oxygen atoms in total. The van der Waals surface area contributed by atoms with Gasteiger partial charge < -0.3 is 29.3 Å². The maximum Gasteiger partial charge on any atom is 0.378 e. The Labute approximate surface area is 132 Å². The van der Waals surface area contributed by atoms with Gasteiger partial charge in [-0.25, -0.2) is 4.79 Å². The van der Waals surface area contributed by atoms with Gasteiger partial charge in [-0.15, -0.1) is 0 Å². The first-order valence-electron chi connectivity index (χ1n) is 7.33. The van der Waals surface area contributed by atoms with Crippen LogP contribution in [0.3, 0.4) is 0 Å². The van der Waals surface area contributed by atoms with Crippen molar-refractivity contribution in [3.8, 4) is 0 Å². The second-order valence-corrected chi connectivity index (χ2v) is 5.12. The topological polar surface area (TPSA) is 96.6 Å². The highest BCUT2D eigenvalue weighted by Gasteiger charge is 2.37. The normalized spacial score (nSPS) is 17.4. The summed E-state index contributed by atoms with van der Waals surface area (Å²) in [7, 11) is 0. The van der Waals surface area contributed by atoms with Crippen molar-refractivity contribution in [1.29, 1.82) is 0 Å². The predicted octanol–water partition coefficient (Wildman–Crippen LogP) is 1.60. The zero-order chi connectivity index (χ0) is 16.1. The molecule has 1 atom stereocenters. The van der Waals surface area contributed by atoms with E-state index < -0.39 is 12.1 Å². The van der Waals surface area contributed by atoms with Crippen LogP contribution >= 0.6 is 0 Å². The second kappa shape index (κ2) is 7.06. The summed E-state index contributed by atoms with van der Waals surface area (Å²) in [6.45, 7) is 0.408. The molecule has 3 rings (SSSR count). The van der Waals surface area contributed by atoms with Crippen LogP contribution in [0.4, 0.5) is 0 Å². The second-order valence-electron chi connectivity index (χ2n) is 5.12. The summed E-state index contributed by atoms with van der Waals surface area (Å²) < 4.78 is 16.6. The summed E-state index contributed by atoms with van der Waals surface area (Å²) in [6.07, 6.45) is 6.81. The molecule has 1 unspecified atom stereocenters. The van der Waals surface area contributed by atoms with Crippen LogP contribution < -0.4 is 0 Å². The molecule has 0 aliphatic carbocycles. The van der Waals surface area contributed by atoms with Gasteiger partial charge in [-0.1, -0.05) is 0 Å². The van der Waals surface area contributed by atoms with Gasteiger partial charge in [0.25, 0.3) is 0 Å². The molecule has 0 saturated heterocycles. The molecule has 3 heterocycles. The van der Waals surface area contributed by atoms with Gasteiger partial charge in [-0.2, -0.15) is 0 Å². The quantitative estimate of drug-likeness (QED) is 0.642. The molecule has 3 N–H and O–H groups in total. The standard InChI is InChI=1S/C16H18N2O5/c19-6-3-13-14(21-9-11-1-4-17-7-11)15(16(20)23-13)22-10-12-2-5-18-8-12/h1-2,4-5,7-8,13,17-19H,3,6,9-10H2. The van der Waals surface area contributed by atoms with E-state index in [4.69, 9.17) is 19.3 Å². The molecule has 0 amide bonds. The van der Waals surface area contributed by atoms with Crippen LogP contribution in [0.15, 0.2) is 48.4 Å². The van der Waals surface area contributed by atoms with Crippen molar-refractivity contribution in [2.24, 2.45) is 0 Å². The van der Waals surface area contributed by atoms with E-state index in [9.17, 15) is 4.79 Å². The SMILES string of the molecule is O=C1OC(CCO)C(OCc2cc[nH]c2)=C1OCc1cc[nH]c1. The number of aromatic nitrogens is 2. The third kappa shape index (κ3) is 3.57. The number of cyclic esters (lactones) is 1. The van der Waals surface area contributed by atoms with Gasteiger partial charge in [-0.05, 0) is 12.1 Å². The minimum absolute atomic E-state index is 0.0696. The lowest BCUT2D eigenvalue weighted by atomic mass is 10.2. The van der Waals surface area contributed by atoms with Crippen LogP contribution in [0, 0.1) is 0 Å². The summed E-state index contributed by atoms with van der Waals surface area (Å²) >= 11 is 0. The molecular formula is C16H18N2O5. The van der Waals surface area contributed by atoms with Gasteiger partial charge in [0.2, 0.25) is 5.76 Å². The number of esters is 1. The van der Waals surface area contributed by atoms with Crippen molar-refractivity contribution in [3.63, 3.8) is 0 Å². The monoisotopic (exact) mass is 318 g/mol. The van der Waals surface area contributed by atoms with Crippen molar-refractivity contribution >= 4 is 5.97 Å². The summed E-state index contributed by atoms with van der Waals surface area (Å²) in [5, 5.41) is 9.13. The van der Waals surface area contributed by atoms with Crippen molar-refractivity contribution in [1.82, 2.24) is 9.97 Å². The average molecular weight is 318 g/mol. The number of aliphatic hydroxyl groups is 1. The van der Waals surface area contributed by atoms with E-state index in [2.05, 4.69) is 9.97 Å². The Hall–Kier alpha value is -2.67. The molecule has 0 aromatic carbocycles. The van der Waals surface area contributed by atoms with E-state index in [1.807, 2.05) is 12.1 Å². The highest BCUT2D eigenvalue weighted by atomic mass is 16.6. The van der Waals surface area contributed by atoms with Crippen LogP contribution in [0.5, 0.6) is 0 Å². The molecule has 2 aromatic rings. The first-order chi connectivity index (χ1) is 11.3. The zero-order valence-electron chi connectivity index (χ0n) is 12.5. The first-order valence-corrected chi connectivity index (χ1v) is 7.33. The molecule has 0 fully saturated rings. The van der Waals surface area contributed by atoms with E-state index in [0.29, 0.717) is 5.76 Å². The van der Waals surface area contributed by atoms with Crippen molar-refractivity contribution < 1.29 is 24.1 Å². The summed E-state index contributed by atoms with van der Waals surface area (Å²) in [4.78, 5) is 17.9. The smallest absolute Gasteiger partial charge is 0.378 e. The summed E-state index contributed by atoms with van der Waals surface area (Å²) in [5.41, 5.74) is 1.84. The molecular weight excluding hydrogens is 300 g/mol. The number of carbonyl (C=O) groups excluding carboxylic acids is 1. The Morgan fingerprint density at radius 3 is 2.30 bits per heavy atom. The number of aliphatic hydroxyl groups excluding tert-OH is 1. The molecule has 23 heavy (non-hydrogen) atoms. The van der Waals surface area contributed by atoms with Gasteiger partial charge in [0.15, 0.2) is 11.9 Å². The average Bonchev–Trinajstić information content (AvgIpc) is 3.26. The predicted molar refractivity (Wildman–Crippen MR) is 79.8 cm³/mol. The first kappa shape index (κ1) is 15.2. The highest BCUT2D eigenvalue weighted by molar-refractivity contribution is 5.89. The largest absolute Gasteiger partial charge is 0.485 e. The van der Waals surface area contributed by atoms with Gasteiger partial charge in [-0.3, -0.25) is 0 Å². The Balaban J connectivity index is 1.73. The lowest BCUT2D eigenvalue weighted by molar-refractivity contribution is -0.143. The fourth-order valence-electron chi connectivity index (χ4n) is 2.29. The number of hydrogen-bond acceptors (Lipinski definition) is 5. The fraction of sp³-hybridized carbons (Fsp3) is 0.312. The minimum atomic E-state index is -0.618. The summed E-state index contributed by atoms with van der Waals surface area (Å²) in [5.74, 6) is -0.163. The van der Waals surface area contributed by atoms with Crippen molar-refractivity contribution in [2.45, 2.75) is 25.7 Å². The molecule has 0 spiro atoms. The Kier molecular flexibility index (Phi) is 4.68. The maximum atomic E-state index is 12.0. The molecule has 0 radical (unpaired) electrons. The van der Waals surface area contributed by atoms with Crippen LogP contribution in [0.2, 0.25) is 0 Å². The number of aromatic amines is 2. The van der Waals surface area contributed by atoms with E-state index in [1.165, 1.54) is 0 Å². The molecule has 0 bridgehead atoms. The molecule has 0 saturated carbocycles. The van der Waals surface area contributed by atoms with Crippen molar-refractivity contribution in [3.05, 3.63) is 59.6 Å². The third-order valence-electron chi connectivity index (χ3n) is 3.44. The molecule has 122 valence electrons. The van der Waals surface area contributed by atoms with Crippen LogP contribution in [0.1, 0.15) is 17.5 Å². The van der Waals surface area contributed by atoms with Crippen LogP contribution in [-0.4, -0.2) is 33.8 Å². The van der Waals surface area contributed by atoms with Gasteiger partial charge in [0, 0.05) is 48.9 Å². The molecule has 1 aliphatic rings. The van der Waals surface area contributed by atoms with E-state index in [-0.39, 0.29) is 32.0 Å². The van der Waals surface area contributed by atoms with Crippen LogP contribution in [0.25, 0.3) is 0 Å². The molecule has 2 aromatic heterocycles. The maximum absolute atomic E-state index is 12.0.